The van der Waals surface area contributed by atoms with Crippen LogP contribution in [0.25, 0.3) is 0 Å². The zero-order valence-electron chi connectivity index (χ0n) is 13.9. The molecule has 0 bridgehead atoms. The number of alkyl carbamates (subject to hydrolysis) is 1. The Bertz CT molecular complexity index is 642. The lowest BCUT2D eigenvalue weighted by molar-refractivity contribution is -0.145. The average Bonchev–Trinajstić information content (AvgIpc) is 3.37. The van der Waals surface area contributed by atoms with Crippen molar-refractivity contribution in [1.29, 1.82) is 0 Å². The van der Waals surface area contributed by atoms with E-state index in [2.05, 4.69) is 10.3 Å². The van der Waals surface area contributed by atoms with Crippen LogP contribution in [-0.2, 0) is 20.9 Å². The monoisotopic (exact) mass is 346 g/mol. The fraction of sp³-hybridized carbons (Fsp3) is 0.500. The second kappa shape index (κ2) is 8.00. The maximum absolute atomic E-state index is 11.6. The number of aliphatic imine (C=N–C) groups is 1. The maximum atomic E-state index is 11.6. The number of nitrogens with zero attached hydrogens (tertiary/aromatic N) is 1. The molecule has 0 spiro atoms. The lowest BCUT2D eigenvalue weighted by Gasteiger charge is -2.12. The molecular weight excluding hydrogens is 324 g/mol. The van der Waals surface area contributed by atoms with E-state index in [0.717, 1.165) is 18.4 Å². The molecule has 2 N–H and O–H groups in total. The number of ether oxygens (including phenoxy) is 2. The van der Waals surface area contributed by atoms with E-state index in [1.807, 2.05) is 30.3 Å². The van der Waals surface area contributed by atoms with E-state index in [-0.39, 0.29) is 12.6 Å². The fourth-order valence-corrected chi connectivity index (χ4v) is 2.80. The molecule has 2 aliphatic rings. The number of carboxylic acids is 1. The Morgan fingerprint density at radius 1 is 1.28 bits per heavy atom. The van der Waals surface area contributed by atoms with Gasteiger partial charge in [0.25, 0.3) is 0 Å². The first-order chi connectivity index (χ1) is 12.1. The fourth-order valence-electron chi connectivity index (χ4n) is 2.80. The molecule has 2 atom stereocenters. The van der Waals surface area contributed by atoms with Gasteiger partial charge in [0.2, 0.25) is 6.10 Å². The van der Waals surface area contributed by atoms with E-state index in [1.54, 1.807) is 0 Å². The average molecular weight is 346 g/mol. The molecule has 0 radical (unpaired) electrons. The second-order valence-electron chi connectivity index (χ2n) is 6.32. The van der Waals surface area contributed by atoms with Crippen molar-refractivity contribution in [3.63, 3.8) is 0 Å². The number of benzene rings is 1. The van der Waals surface area contributed by atoms with Gasteiger partial charge in [0, 0.05) is 13.0 Å². The molecule has 25 heavy (non-hydrogen) atoms. The van der Waals surface area contributed by atoms with Crippen LogP contribution in [0, 0.1) is 5.92 Å². The summed E-state index contributed by atoms with van der Waals surface area (Å²) in [7, 11) is 0. The number of nitrogens with one attached hydrogen (secondary N) is 1. The Morgan fingerprint density at radius 3 is 2.72 bits per heavy atom. The molecule has 1 aromatic carbocycles. The van der Waals surface area contributed by atoms with Crippen LogP contribution in [0.15, 0.2) is 35.3 Å². The molecule has 0 unspecified atom stereocenters. The van der Waals surface area contributed by atoms with Crippen molar-refractivity contribution < 1.29 is 24.2 Å². The first kappa shape index (κ1) is 17.3. The standard InChI is InChI=1S/C18H22N2O5/c21-17(22)16-15(13-8-9-13)20-14(25-16)7-4-10-19-18(23)24-11-12-5-2-1-3-6-12/h1-3,5-6,13,15-16H,4,7-11H2,(H,19,23)(H,21,22)/t15-,16+/m0/s1. The van der Waals surface area contributed by atoms with Crippen molar-refractivity contribution in [3.8, 4) is 0 Å². The highest BCUT2D eigenvalue weighted by Gasteiger charge is 2.45. The Morgan fingerprint density at radius 2 is 2.04 bits per heavy atom. The van der Waals surface area contributed by atoms with Gasteiger partial charge in [-0.3, -0.25) is 0 Å². The number of carboxylic acid groups (broad SMARTS) is 1. The van der Waals surface area contributed by atoms with Crippen LogP contribution in [0.5, 0.6) is 0 Å². The summed E-state index contributed by atoms with van der Waals surface area (Å²) in [6, 6.07) is 9.20. The van der Waals surface area contributed by atoms with E-state index in [4.69, 9.17) is 9.47 Å². The molecule has 1 amide bonds. The van der Waals surface area contributed by atoms with Crippen LogP contribution in [0.3, 0.4) is 0 Å². The summed E-state index contributed by atoms with van der Waals surface area (Å²) in [6.07, 6.45) is 1.82. The minimum absolute atomic E-state index is 0.228. The Hall–Kier alpha value is -2.57. The predicted octanol–water partition coefficient (Wildman–Crippen LogP) is 2.35. The highest BCUT2D eigenvalue weighted by Crippen LogP contribution is 2.39. The van der Waals surface area contributed by atoms with Gasteiger partial charge in [0.15, 0.2) is 5.90 Å². The minimum atomic E-state index is -0.960. The van der Waals surface area contributed by atoms with Crippen LogP contribution in [-0.4, -0.2) is 41.8 Å². The number of hydrogen-bond donors (Lipinski definition) is 2. The number of carbonyl (C=O) groups is 2. The van der Waals surface area contributed by atoms with E-state index in [9.17, 15) is 14.7 Å². The number of aliphatic carboxylic acids is 1. The molecule has 1 heterocycles. The molecule has 1 fully saturated rings. The van der Waals surface area contributed by atoms with Gasteiger partial charge in [-0.05, 0) is 30.7 Å². The quantitative estimate of drug-likeness (QED) is 0.704. The summed E-state index contributed by atoms with van der Waals surface area (Å²) in [4.78, 5) is 27.3. The molecule has 134 valence electrons. The van der Waals surface area contributed by atoms with E-state index in [1.165, 1.54) is 0 Å². The second-order valence-corrected chi connectivity index (χ2v) is 6.32. The molecule has 0 aromatic heterocycles. The molecule has 3 rings (SSSR count). The van der Waals surface area contributed by atoms with E-state index < -0.39 is 18.2 Å². The van der Waals surface area contributed by atoms with Gasteiger partial charge in [-0.1, -0.05) is 30.3 Å². The van der Waals surface area contributed by atoms with Gasteiger partial charge >= 0.3 is 12.1 Å². The van der Waals surface area contributed by atoms with Gasteiger partial charge in [-0.15, -0.1) is 0 Å². The molecule has 1 saturated carbocycles. The van der Waals surface area contributed by atoms with Crippen molar-refractivity contribution in [2.75, 3.05) is 6.54 Å². The summed E-state index contributed by atoms with van der Waals surface area (Å²) >= 11 is 0. The van der Waals surface area contributed by atoms with E-state index >= 15 is 0 Å². The number of rotatable bonds is 8. The first-order valence-electron chi connectivity index (χ1n) is 8.54. The molecule has 1 aliphatic heterocycles. The predicted molar refractivity (Wildman–Crippen MR) is 90.3 cm³/mol. The third-order valence-corrected chi connectivity index (χ3v) is 4.26. The van der Waals surface area contributed by atoms with Crippen molar-refractivity contribution in [3.05, 3.63) is 35.9 Å². The largest absolute Gasteiger partial charge is 0.478 e. The summed E-state index contributed by atoms with van der Waals surface area (Å²) in [5.41, 5.74) is 0.928. The van der Waals surface area contributed by atoms with Crippen molar-refractivity contribution in [2.45, 2.75) is 44.4 Å². The van der Waals surface area contributed by atoms with Crippen LogP contribution in [0.4, 0.5) is 4.79 Å². The highest BCUT2D eigenvalue weighted by molar-refractivity contribution is 5.85. The normalized spacial score (nSPS) is 22.0. The van der Waals surface area contributed by atoms with Crippen molar-refractivity contribution >= 4 is 18.0 Å². The van der Waals surface area contributed by atoms with Gasteiger partial charge < -0.3 is 19.9 Å². The molecule has 0 saturated heterocycles. The van der Waals surface area contributed by atoms with Crippen LogP contribution < -0.4 is 5.32 Å². The van der Waals surface area contributed by atoms with Crippen molar-refractivity contribution in [1.82, 2.24) is 5.32 Å². The number of hydrogen-bond acceptors (Lipinski definition) is 5. The Balaban J connectivity index is 1.33. The molecular formula is C18H22N2O5. The van der Waals surface area contributed by atoms with Gasteiger partial charge in [-0.2, -0.15) is 0 Å². The van der Waals surface area contributed by atoms with Crippen LogP contribution in [0.1, 0.15) is 31.2 Å². The summed E-state index contributed by atoms with van der Waals surface area (Å²) in [5, 5.41) is 11.9. The molecule has 1 aromatic rings. The summed E-state index contributed by atoms with van der Waals surface area (Å²) < 4.78 is 10.6. The zero-order valence-corrected chi connectivity index (χ0v) is 13.9. The van der Waals surface area contributed by atoms with E-state index in [0.29, 0.717) is 31.2 Å². The van der Waals surface area contributed by atoms with Gasteiger partial charge in [-0.25, -0.2) is 14.6 Å². The first-order valence-corrected chi connectivity index (χ1v) is 8.54. The Labute approximate surface area is 146 Å². The van der Waals surface area contributed by atoms with Crippen LogP contribution in [0.2, 0.25) is 0 Å². The highest BCUT2D eigenvalue weighted by atomic mass is 16.5. The summed E-state index contributed by atoms with van der Waals surface area (Å²) in [5.74, 6) is -0.147. The van der Waals surface area contributed by atoms with Gasteiger partial charge in [0.1, 0.15) is 12.6 Å². The lowest BCUT2D eigenvalue weighted by Crippen LogP contribution is -2.32. The maximum Gasteiger partial charge on any atom is 0.407 e. The SMILES string of the molecule is O=C(NCCCC1=N[C@@H](C2CC2)[C@H](C(=O)O)O1)OCc1ccccc1. The number of carbonyl (C=O) groups excluding carboxylic acids is 1. The third kappa shape index (κ3) is 4.95. The topological polar surface area (TPSA) is 97.2 Å². The van der Waals surface area contributed by atoms with Gasteiger partial charge in [0.05, 0.1) is 0 Å². The molecule has 1 aliphatic carbocycles. The third-order valence-electron chi connectivity index (χ3n) is 4.26. The molecule has 7 nitrogen and oxygen atoms in total. The minimum Gasteiger partial charge on any atom is -0.478 e. The lowest BCUT2D eigenvalue weighted by atomic mass is 10.1. The Kier molecular flexibility index (Phi) is 5.53. The smallest absolute Gasteiger partial charge is 0.407 e. The summed E-state index contributed by atoms with van der Waals surface area (Å²) in [6.45, 7) is 0.647. The molecule has 7 heteroatoms. The van der Waals surface area contributed by atoms with Crippen molar-refractivity contribution in [2.24, 2.45) is 10.9 Å². The zero-order chi connectivity index (χ0) is 17.6. The van der Waals surface area contributed by atoms with Crippen LogP contribution >= 0.6 is 0 Å². The number of amides is 1.